The van der Waals surface area contributed by atoms with E-state index in [2.05, 4.69) is 28.1 Å². The fourth-order valence-electron chi connectivity index (χ4n) is 3.46. The normalized spacial score (nSPS) is 22.0. The van der Waals surface area contributed by atoms with Crippen LogP contribution in [-0.2, 0) is 20.8 Å². The Morgan fingerprint density at radius 1 is 1.38 bits per heavy atom. The predicted octanol–water partition coefficient (Wildman–Crippen LogP) is 0.796. The van der Waals surface area contributed by atoms with Gasteiger partial charge in [-0.3, -0.25) is 24.4 Å². The first-order chi connectivity index (χ1) is 14.0. The van der Waals surface area contributed by atoms with E-state index in [0.717, 1.165) is 11.1 Å². The van der Waals surface area contributed by atoms with E-state index >= 15 is 0 Å². The van der Waals surface area contributed by atoms with Crippen LogP contribution in [0.15, 0.2) is 54.0 Å². The summed E-state index contributed by atoms with van der Waals surface area (Å²) in [5.41, 5.74) is 2.39. The maximum Gasteiger partial charge on any atom is 0.254 e. The molecule has 29 heavy (non-hydrogen) atoms. The largest absolute Gasteiger partial charge is 0.378 e. The Hall–Kier alpha value is -2.56. The van der Waals surface area contributed by atoms with Gasteiger partial charge in [0, 0.05) is 11.9 Å². The first-order valence-electron chi connectivity index (χ1n) is 8.88. The van der Waals surface area contributed by atoms with Gasteiger partial charge >= 0.3 is 0 Å². The maximum absolute atomic E-state index is 12.7. The number of carbonyl (C=O) groups is 3. The van der Waals surface area contributed by atoms with Crippen molar-refractivity contribution in [3.05, 3.63) is 65.1 Å². The van der Waals surface area contributed by atoms with Crippen LogP contribution in [0.25, 0.3) is 0 Å². The number of rotatable bonds is 6. The minimum atomic E-state index is -1.37. The SMILES string of the molecule is O=C(S)C1=C(Cc2cn[nH]c2)CS[C@@H]2[C@H](NC(=O)[C@@H](O)c3ccccc3)C(=O)N12. The summed E-state index contributed by atoms with van der Waals surface area (Å²) < 4.78 is 0. The molecule has 8 nitrogen and oxygen atoms in total. The van der Waals surface area contributed by atoms with Crippen LogP contribution < -0.4 is 5.32 Å². The van der Waals surface area contributed by atoms with Crippen molar-refractivity contribution >= 4 is 41.3 Å². The third kappa shape index (κ3) is 3.70. The average Bonchev–Trinajstić information content (AvgIpc) is 3.24. The van der Waals surface area contributed by atoms with Gasteiger partial charge in [-0.15, -0.1) is 11.8 Å². The summed E-state index contributed by atoms with van der Waals surface area (Å²) in [6.07, 6.45) is 2.50. The first-order valence-corrected chi connectivity index (χ1v) is 10.4. The molecule has 0 aliphatic carbocycles. The number of aliphatic hydroxyl groups excluding tert-OH is 1. The van der Waals surface area contributed by atoms with Crippen LogP contribution in [0, 0.1) is 0 Å². The number of hydrogen-bond acceptors (Lipinski definition) is 6. The Kier molecular flexibility index (Phi) is 5.48. The van der Waals surface area contributed by atoms with Crippen molar-refractivity contribution in [3.8, 4) is 0 Å². The molecule has 0 saturated carbocycles. The molecule has 150 valence electrons. The molecule has 2 amide bonds. The molecule has 1 fully saturated rings. The minimum absolute atomic E-state index is 0.261. The maximum atomic E-state index is 12.7. The number of thiol groups is 1. The third-order valence-electron chi connectivity index (χ3n) is 4.88. The van der Waals surface area contributed by atoms with Gasteiger partial charge in [-0.25, -0.2) is 0 Å². The lowest BCUT2D eigenvalue weighted by Gasteiger charge is -2.50. The number of amides is 2. The lowest BCUT2D eigenvalue weighted by Crippen LogP contribution is -2.70. The highest BCUT2D eigenvalue weighted by Gasteiger charge is 2.53. The molecule has 1 aromatic carbocycles. The molecule has 2 aromatic rings. The van der Waals surface area contributed by atoms with Gasteiger partial charge < -0.3 is 10.4 Å². The highest BCUT2D eigenvalue weighted by atomic mass is 32.2. The predicted molar refractivity (Wildman–Crippen MR) is 110 cm³/mol. The lowest BCUT2D eigenvalue weighted by atomic mass is 10.00. The molecule has 2 aliphatic heterocycles. The molecule has 2 aliphatic rings. The Labute approximate surface area is 176 Å². The number of aliphatic hydroxyl groups is 1. The topological polar surface area (TPSA) is 115 Å². The zero-order valence-electron chi connectivity index (χ0n) is 15.1. The van der Waals surface area contributed by atoms with Crippen molar-refractivity contribution in [1.29, 1.82) is 0 Å². The number of nitrogens with one attached hydrogen (secondary N) is 2. The number of β-lactam (4-membered cyclic amide) rings is 1. The van der Waals surface area contributed by atoms with Gasteiger partial charge in [0.15, 0.2) is 6.10 Å². The zero-order valence-corrected chi connectivity index (χ0v) is 16.8. The molecule has 0 bridgehead atoms. The van der Waals surface area contributed by atoms with E-state index in [1.165, 1.54) is 16.7 Å². The van der Waals surface area contributed by atoms with Gasteiger partial charge in [0.1, 0.15) is 11.4 Å². The van der Waals surface area contributed by atoms with Crippen molar-refractivity contribution in [2.24, 2.45) is 0 Å². The smallest absolute Gasteiger partial charge is 0.254 e. The Bertz CT molecular complexity index is 977. The summed E-state index contributed by atoms with van der Waals surface area (Å²) in [5.74, 6) is -0.519. The molecule has 0 radical (unpaired) electrons. The first kappa shape index (κ1) is 19.7. The summed E-state index contributed by atoms with van der Waals surface area (Å²) in [5, 5.41) is 18.6. The van der Waals surface area contributed by atoms with Crippen LogP contribution in [-0.4, -0.2) is 54.3 Å². The number of thioether (sulfide) groups is 1. The quantitative estimate of drug-likeness (QED) is 0.398. The van der Waals surface area contributed by atoms with E-state index in [1.807, 2.05) is 0 Å². The fourth-order valence-corrected chi connectivity index (χ4v) is 5.07. The molecular formula is C19H18N4O4S2. The van der Waals surface area contributed by atoms with Crippen LogP contribution >= 0.6 is 24.4 Å². The summed E-state index contributed by atoms with van der Waals surface area (Å²) >= 11 is 5.41. The Morgan fingerprint density at radius 3 is 2.79 bits per heavy atom. The molecule has 3 N–H and O–H groups in total. The molecular weight excluding hydrogens is 412 g/mol. The lowest BCUT2D eigenvalue weighted by molar-refractivity contribution is -0.148. The second-order valence-electron chi connectivity index (χ2n) is 6.75. The van der Waals surface area contributed by atoms with Gasteiger partial charge in [0.2, 0.25) is 5.12 Å². The highest BCUT2D eigenvalue weighted by molar-refractivity contribution is 8.00. The molecule has 0 unspecified atom stereocenters. The summed E-state index contributed by atoms with van der Waals surface area (Å²) in [4.78, 5) is 38.7. The van der Waals surface area contributed by atoms with Gasteiger partial charge in [0.25, 0.3) is 11.8 Å². The van der Waals surface area contributed by atoms with Gasteiger partial charge in [-0.2, -0.15) is 5.10 Å². The number of nitrogens with zero attached hydrogens (tertiary/aromatic N) is 2. The molecule has 3 heterocycles. The number of hydrogen-bond donors (Lipinski definition) is 4. The van der Waals surface area contributed by atoms with Crippen LogP contribution in [0.3, 0.4) is 0 Å². The third-order valence-corrected chi connectivity index (χ3v) is 6.44. The van der Waals surface area contributed by atoms with E-state index < -0.39 is 34.4 Å². The summed E-state index contributed by atoms with van der Waals surface area (Å²) in [6, 6.07) is 7.69. The number of fused-ring (bicyclic) bond motifs is 1. The monoisotopic (exact) mass is 430 g/mol. The van der Waals surface area contributed by atoms with Crippen molar-refractivity contribution < 1.29 is 19.5 Å². The van der Waals surface area contributed by atoms with Crippen LogP contribution in [0.5, 0.6) is 0 Å². The van der Waals surface area contributed by atoms with Crippen LogP contribution in [0.2, 0.25) is 0 Å². The summed E-state index contributed by atoms with van der Waals surface area (Å²) in [7, 11) is 0. The van der Waals surface area contributed by atoms with Crippen molar-refractivity contribution in [3.63, 3.8) is 0 Å². The molecule has 1 saturated heterocycles. The van der Waals surface area contributed by atoms with Crippen molar-refractivity contribution in [2.75, 3.05) is 5.75 Å². The number of carbonyl (C=O) groups excluding carboxylic acids is 3. The van der Waals surface area contributed by atoms with Crippen LogP contribution in [0.4, 0.5) is 0 Å². The standard InChI is InChI=1S/C19H18N4O4S2/c24-15(11-4-2-1-3-5-11)16(25)22-13-17(26)23-14(19(27)28)12(9-29-18(13)23)6-10-7-20-21-8-10/h1-5,7-8,13,15,18,24H,6,9H2,(H,20,21)(H,22,25)(H,27,28)/t13-,15+,18-/m1/s1. The summed E-state index contributed by atoms with van der Waals surface area (Å²) in [6.45, 7) is 0. The van der Waals surface area contributed by atoms with E-state index in [9.17, 15) is 19.5 Å². The second-order valence-corrected chi connectivity index (χ2v) is 8.26. The van der Waals surface area contributed by atoms with Crippen molar-refractivity contribution in [1.82, 2.24) is 20.4 Å². The van der Waals surface area contributed by atoms with Crippen LogP contribution in [0.1, 0.15) is 17.2 Å². The molecule has 10 heteroatoms. The molecule has 3 atom stereocenters. The number of aromatic amines is 1. The molecule has 4 rings (SSSR count). The zero-order chi connectivity index (χ0) is 20.5. The Morgan fingerprint density at radius 2 is 2.14 bits per heavy atom. The number of H-pyrrole nitrogens is 1. The second kappa shape index (κ2) is 8.05. The fraction of sp³-hybridized carbons (Fsp3) is 0.263. The van der Waals surface area contributed by atoms with Gasteiger partial charge in [-0.1, -0.05) is 43.0 Å². The van der Waals surface area contributed by atoms with E-state index in [4.69, 9.17) is 0 Å². The average molecular weight is 431 g/mol. The van der Waals surface area contributed by atoms with E-state index in [1.54, 1.807) is 42.7 Å². The van der Waals surface area contributed by atoms with E-state index in [-0.39, 0.29) is 5.70 Å². The molecule has 1 aromatic heterocycles. The minimum Gasteiger partial charge on any atom is -0.378 e. The van der Waals surface area contributed by atoms with Gasteiger partial charge in [0.05, 0.1) is 11.9 Å². The van der Waals surface area contributed by atoms with Crippen molar-refractivity contribution in [2.45, 2.75) is 23.9 Å². The number of aromatic nitrogens is 2. The highest BCUT2D eigenvalue weighted by Crippen LogP contribution is 2.41. The Balaban J connectivity index is 1.49. The molecule has 0 spiro atoms. The number of benzene rings is 1. The van der Waals surface area contributed by atoms with Gasteiger partial charge in [-0.05, 0) is 23.1 Å². The van der Waals surface area contributed by atoms with E-state index in [0.29, 0.717) is 17.7 Å².